The van der Waals surface area contributed by atoms with Gasteiger partial charge in [-0.25, -0.2) is 9.97 Å². The van der Waals surface area contributed by atoms with E-state index in [1.165, 1.54) is 0 Å². The summed E-state index contributed by atoms with van der Waals surface area (Å²) in [5, 5.41) is 4.53. The SMILES string of the molecule is Cc1nc([C@@H]2CCN(C(=O)c3cc(C(C)(C)C)nn3C)C2)ncc1C(=O)N1CCOCC1. The number of rotatable bonds is 3. The number of morpholine rings is 1. The molecule has 0 spiro atoms. The van der Waals surface area contributed by atoms with Crippen LogP contribution in [0.15, 0.2) is 12.3 Å². The first-order valence-corrected chi connectivity index (χ1v) is 11.2. The number of aryl methyl sites for hydroxylation is 2. The quantitative estimate of drug-likeness (QED) is 0.724. The number of carbonyl (C=O) groups excluding carboxylic acids is 2. The van der Waals surface area contributed by atoms with Crippen LogP contribution in [0.5, 0.6) is 0 Å². The van der Waals surface area contributed by atoms with Crippen molar-refractivity contribution in [1.82, 2.24) is 29.5 Å². The molecule has 2 aliphatic rings. The van der Waals surface area contributed by atoms with E-state index in [9.17, 15) is 9.59 Å². The average molecular weight is 441 g/mol. The van der Waals surface area contributed by atoms with Gasteiger partial charge < -0.3 is 14.5 Å². The Kier molecular flexibility index (Phi) is 6.03. The van der Waals surface area contributed by atoms with Crippen LogP contribution in [0, 0.1) is 6.92 Å². The molecule has 2 aromatic heterocycles. The second-order valence-corrected chi connectivity index (χ2v) is 9.66. The van der Waals surface area contributed by atoms with Gasteiger partial charge in [0, 0.05) is 50.8 Å². The van der Waals surface area contributed by atoms with E-state index in [-0.39, 0.29) is 23.1 Å². The van der Waals surface area contributed by atoms with E-state index in [2.05, 4.69) is 35.8 Å². The number of hydrogen-bond acceptors (Lipinski definition) is 6. The van der Waals surface area contributed by atoms with Crippen molar-refractivity contribution in [2.24, 2.45) is 7.05 Å². The molecule has 2 aliphatic heterocycles. The fourth-order valence-electron chi connectivity index (χ4n) is 4.18. The number of amides is 2. The Bertz CT molecular complexity index is 1020. The van der Waals surface area contributed by atoms with Crippen LogP contribution in [0.3, 0.4) is 0 Å². The molecule has 0 radical (unpaired) electrons. The summed E-state index contributed by atoms with van der Waals surface area (Å²) in [6, 6.07) is 1.89. The summed E-state index contributed by atoms with van der Waals surface area (Å²) in [5.74, 6) is 0.678. The molecule has 4 rings (SSSR count). The largest absolute Gasteiger partial charge is 0.378 e. The molecule has 1 atom stereocenters. The Morgan fingerprint density at radius 3 is 2.44 bits per heavy atom. The van der Waals surface area contributed by atoms with Crippen molar-refractivity contribution < 1.29 is 14.3 Å². The minimum Gasteiger partial charge on any atom is -0.378 e. The zero-order valence-electron chi connectivity index (χ0n) is 19.6. The van der Waals surface area contributed by atoms with Crippen LogP contribution in [0.4, 0.5) is 0 Å². The zero-order chi connectivity index (χ0) is 23.0. The Morgan fingerprint density at radius 1 is 1.09 bits per heavy atom. The second kappa shape index (κ2) is 8.61. The van der Waals surface area contributed by atoms with Crippen LogP contribution < -0.4 is 0 Å². The van der Waals surface area contributed by atoms with Gasteiger partial charge in [0.25, 0.3) is 11.8 Å². The van der Waals surface area contributed by atoms with E-state index in [0.717, 1.165) is 12.1 Å². The van der Waals surface area contributed by atoms with Crippen molar-refractivity contribution in [3.63, 3.8) is 0 Å². The van der Waals surface area contributed by atoms with E-state index in [1.54, 1.807) is 15.8 Å². The molecule has 2 aromatic rings. The summed E-state index contributed by atoms with van der Waals surface area (Å²) in [6.45, 7) is 11.6. The van der Waals surface area contributed by atoms with E-state index in [1.807, 2.05) is 24.9 Å². The lowest BCUT2D eigenvalue weighted by Crippen LogP contribution is -2.41. The normalized spacial score (nSPS) is 19.5. The molecule has 4 heterocycles. The first-order chi connectivity index (χ1) is 15.1. The average Bonchev–Trinajstić information content (AvgIpc) is 3.40. The summed E-state index contributed by atoms with van der Waals surface area (Å²) in [6.07, 6.45) is 2.43. The summed E-state index contributed by atoms with van der Waals surface area (Å²) >= 11 is 0. The molecule has 172 valence electrons. The lowest BCUT2D eigenvalue weighted by molar-refractivity contribution is 0.0301. The van der Waals surface area contributed by atoms with Crippen molar-refractivity contribution in [2.45, 2.75) is 45.4 Å². The monoisotopic (exact) mass is 440 g/mol. The predicted octanol–water partition coefficient (Wildman–Crippen LogP) is 1.92. The Labute approximate surface area is 188 Å². The third kappa shape index (κ3) is 4.39. The van der Waals surface area contributed by atoms with Gasteiger partial charge in [0.1, 0.15) is 11.5 Å². The summed E-state index contributed by atoms with van der Waals surface area (Å²) in [4.78, 5) is 38.7. The molecule has 0 unspecified atom stereocenters. The molecular formula is C23H32N6O3. The molecule has 0 bridgehead atoms. The van der Waals surface area contributed by atoms with Crippen molar-refractivity contribution >= 4 is 11.8 Å². The maximum Gasteiger partial charge on any atom is 0.272 e. The van der Waals surface area contributed by atoms with E-state index >= 15 is 0 Å². The number of nitrogens with zero attached hydrogens (tertiary/aromatic N) is 6. The van der Waals surface area contributed by atoms with E-state index in [4.69, 9.17) is 4.74 Å². The van der Waals surface area contributed by atoms with Gasteiger partial charge in [-0.1, -0.05) is 20.8 Å². The van der Waals surface area contributed by atoms with Gasteiger partial charge in [-0.3, -0.25) is 14.3 Å². The summed E-state index contributed by atoms with van der Waals surface area (Å²) < 4.78 is 7.00. The molecule has 9 nitrogen and oxygen atoms in total. The minimum absolute atomic E-state index is 0.0196. The summed E-state index contributed by atoms with van der Waals surface area (Å²) in [7, 11) is 1.81. The second-order valence-electron chi connectivity index (χ2n) is 9.66. The number of carbonyl (C=O) groups is 2. The summed E-state index contributed by atoms with van der Waals surface area (Å²) in [5.41, 5.74) is 2.59. The molecule has 0 aliphatic carbocycles. The number of ether oxygens (including phenoxy) is 1. The molecule has 2 fully saturated rings. The maximum atomic E-state index is 13.1. The Balaban J connectivity index is 1.45. The topological polar surface area (TPSA) is 93.5 Å². The maximum absolute atomic E-state index is 13.1. The molecule has 2 saturated heterocycles. The number of likely N-dealkylation sites (tertiary alicyclic amines) is 1. The van der Waals surface area contributed by atoms with E-state index in [0.29, 0.717) is 62.2 Å². The van der Waals surface area contributed by atoms with Crippen LogP contribution >= 0.6 is 0 Å². The van der Waals surface area contributed by atoms with E-state index < -0.39 is 0 Å². The molecule has 0 saturated carbocycles. The molecule has 32 heavy (non-hydrogen) atoms. The third-order valence-electron chi connectivity index (χ3n) is 6.23. The highest BCUT2D eigenvalue weighted by Gasteiger charge is 2.32. The van der Waals surface area contributed by atoms with Crippen LogP contribution in [0.2, 0.25) is 0 Å². The van der Waals surface area contributed by atoms with Gasteiger partial charge in [-0.15, -0.1) is 0 Å². The van der Waals surface area contributed by atoms with Gasteiger partial charge in [-0.05, 0) is 19.4 Å². The number of hydrogen-bond donors (Lipinski definition) is 0. The molecule has 0 N–H and O–H groups in total. The number of aromatic nitrogens is 4. The first kappa shape index (κ1) is 22.4. The Hall–Kier alpha value is -2.81. The van der Waals surface area contributed by atoms with Crippen molar-refractivity contribution in [2.75, 3.05) is 39.4 Å². The molecule has 9 heteroatoms. The third-order valence-corrected chi connectivity index (χ3v) is 6.23. The molecule has 0 aromatic carbocycles. The van der Waals surface area contributed by atoms with Crippen LogP contribution in [0.1, 0.15) is 71.2 Å². The smallest absolute Gasteiger partial charge is 0.272 e. The lowest BCUT2D eigenvalue weighted by Gasteiger charge is -2.27. The highest BCUT2D eigenvalue weighted by molar-refractivity contribution is 5.95. The standard InChI is InChI=1S/C23H32N6O3/c1-15-17(21(30)28-8-10-32-11-9-28)13-24-20(25-15)16-6-7-29(14-16)22(31)18-12-19(23(2,3)4)26-27(18)5/h12-13,16H,6-11,14H2,1-5H3/t16-/m1/s1. The zero-order valence-corrected chi connectivity index (χ0v) is 19.6. The highest BCUT2D eigenvalue weighted by atomic mass is 16.5. The fraction of sp³-hybridized carbons (Fsp3) is 0.609. The van der Waals surface area contributed by atoms with Crippen LogP contribution in [0.25, 0.3) is 0 Å². The van der Waals surface area contributed by atoms with Crippen molar-refractivity contribution in [3.05, 3.63) is 40.7 Å². The van der Waals surface area contributed by atoms with Gasteiger partial charge in [-0.2, -0.15) is 5.10 Å². The first-order valence-electron chi connectivity index (χ1n) is 11.2. The van der Waals surface area contributed by atoms with Crippen molar-refractivity contribution in [1.29, 1.82) is 0 Å². The van der Waals surface area contributed by atoms with Gasteiger partial charge in [0.15, 0.2) is 0 Å². The minimum atomic E-state index is -0.115. The van der Waals surface area contributed by atoms with Gasteiger partial charge in [0.05, 0.1) is 30.2 Å². The van der Waals surface area contributed by atoms with Gasteiger partial charge in [0.2, 0.25) is 0 Å². The van der Waals surface area contributed by atoms with Gasteiger partial charge >= 0.3 is 0 Å². The Morgan fingerprint density at radius 2 is 1.81 bits per heavy atom. The van der Waals surface area contributed by atoms with Crippen LogP contribution in [-0.4, -0.2) is 80.8 Å². The van der Waals surface area contributed by atoms with Crippen LogP contribution in [-0.2, 0) is 17.2 Å². The highest BCUT2D eigenvalue weighted by Crippen LogP contribution is 2.28. The molecular weight excluding hydrogens is 408 g/mol. The van der Waals surface area contributed by atoms with Crippen molar-refractivity contribution in [3.8, 4) is 0 Å². The molecule has 2 amide bonds. The predicted molar refractivity (Wildman–Crippen MR) is 119 cm³/mol. The fourth-order valence-corrected chi connectivity index (χ4v) is 4.18. The lowest BCUT2D eigenvalue weighted by atomic mass is 9.92.